The van der Waals surface area contributed by atoms with Crippen LogP contribution in [0.3, 0.4) is 0 Å². The molecule has 0 aliphatic rings. The minimum atomic E-state index is -0.356. The van der Waals surface area contributed by atoms with E-state index >= 15 is 0 Å². The first-order valence-electron chi connectivity index (χ1n) is 6.07. The second kappa shape index (κ2) is 7.13. The van der Waals surface area contributed by atoms with Crippen LogP contribution in [0.2, 0.25) is 0 Å². The van der Waals surface area contributed by atoms with Crippen LogP contribution in [0.25, 0.3) is 0 Å². The maximum Gasteiger partial charge on any atom is 0.0934 e. The highest BCUT2D eigenvalue weighted by molar-refractivity contribution is 5.10. The van der Waals surface area contributed by atoms with Gasteiger partial charge in [0.05, 0.1) is 18.6 Å². The lowest BCUT2D eigenvalue weighted by molar-refractivity contribution is 0.222. The molecule has 0 saturated carbocycles. The van der Waals surface area contributed by atoms with Crippen molar-refractivity contribution >= 4 is 0 Å². The second-order valence-corrected chi connectivity index (χ2v) is 4.74. The molecular weight excluding hydrogens is 212 g/mol. The zero-order valence-corrected chi connectivity index (χ0v) is 10.9. The smallest absolute Gasteiger partial charge is 0.0934 e. The van der Waals surface area contributed by atoms with Gasteiger partial charge in [-0.3, -0.25) is 0 Å². The molecule has 0 bridgehead atoms. The van der Waals surface area contributed by atoms with Gasteiger partial charge in [0.1, 0.15) is 0 Å². The molecule has 0 amide bonds. The fraction of sp³-hybridized carbons (Fsp3) is 0.467. The summed E-state index contributed by atoms with van der Waals surface area (Å²) in [7, 11) is 0. The maximum atomic E-state index is 9.74. The highest BCUT2D eigenvalue weighted by atomic mass is 16.3. The summed E-state index contributed by atoms with van der Waals surface area (Å²) >= 11 is 0. The van der Waals surface area contributed by atoms with E-state index < -0.39 is 0 Å². The summed E-state index contributed by atoms with van der Waals surface area (Å²) in [5.41, 5.74) is 3.61. The van der Waals surface area contributed by atoms with Gasteiger partial charge in [-0.25, -0.2) is 0 Å². The van der Waals surface area contributed by atoms with Gasteiger partial charge in [0, 0.05) is 0 Å². The quantitative estimate of drug-likeness (QED) is 0.758. The van der Waals surface area contributed by atoms with Gasteiger partial charge in [-0.05, 0) is 51.7 Å². The van der Waals surface area contributed by atoms with Gasteiger partial charge in [-0.15, -0.1) is 0 Å². The summed E-state index contributed by atoms with van der Waals surface area (Å²) in [5.74, 6) is 0. The van der Waals surface area contributed by atoms with Crippen LogP contribution in [-0.4, -0.2) is 11.2 Å². The molecule has 2 heteroatoms. The van der Waals surface area contributed by atoms with Crippen LogP contribution in [0.15, 0.2) is 46.3 Å². The van der Waals surface area contributed by atoms with Gasteiger partial charge in [0.25, 0.3) is 0 Å². The summed E-state index contributed by atoms with van der Waals surface area (Å²) in [5, 5.41) is 9.74. The SMILES string of the molecule is CC(C)=C[C@@H](O)CC(C)=CCCc1ccoc1. The molecule has 0 fully saturated rings. The van der Waals surface area contributed by atoms with Crippen molar-refractivity contribution in [3.05, 3.63) is 47.5 Å². The van der Waals surface area contributed by atoms with Crippen molar-refractivity contribution < 1.29 is 9.52 Å². The van der Waals surface area contributed by atoms with Crippen molar-refractivity contribution in [2.24, 2.45) is 0 Å². The third-order valence-electron chi connectivity index (χ3n) is 2.56. The van der Waals surface area contributed by atoms with Crippen molar-refractivity contribution in [1.29, 1.82) is 0 Å². The molecule has 0 aliphatic carbocycles. The Balaban J connectivity index is 2.32. The predicted octanol–water partition coefficient (Wildman–Crippen LogP) is 3.88. The zero-order chi connectivity index (χ0) is 12.7. The molecule has 0 radical (unpaired) electrons. The number of hydrogen-bond acceptors (Lipinski definition) is 2. The van der Waals surface area contributed by atoms with Gasteiger partial charge in [-0.1, -0.05) is 23.3 Å². The molecule has 0 aromatic carbocycles. The first kappa shape index (κ1) is 13.8. The van der Waals surface area contributed by atoms with Crippen LogP contribution >= 0.6 is 0 Å². The average molecular weight is 234 g/mol. The van der Waals surface area contributed by atoms with Gasteiger partial charge >= 0.3 is 0 Å². The fourth-order valence-electron chi connectivity index (χ4n) is 1.78. The topological polar surface area (TPSA) is 33.4 Å². The Hall–Kier alpha value is -1.28. The normalized spacial score (nSPS) is 13.5. The van der Waals surface area contributed by atoms with Gasteiger partial charge in [0.2, 0.25) is 0 Å². The van der Waals surface area contributed by atoms with Crippen molar-refractivity contribution in [3.8, 4) is 0 Å². The van der Waals surface area contributed by atoms with E-state index in [4.69, 9.17) is 4.42 Å². The monoisotopic (exact) mass is 234 g/mol. The first-order chi connectivity index (χ1) is 8.08. The van der Waals surface area contributed by atoms with Crippen LogP contribution in [0.4, 0.5) is 0 Å². The van der Waals surface area contributed by atoms with Crippen molar-refractivity contribution in [1.82, 2.24) is 0 Å². The van der Waals surface area contributed by atoms with E-state index in [1.165, 1.54) is 11.1 Å². The Morgan fingerprint density at radius 3 is 2.76 bits per heavy atom. The minimum Gasteiger partial charge on any atom is -0.472 e. The van der Waals surface area contributed by atoms with Crippen LogP contribution < -0.4 is 0 Å². The average Bonchev–Trinajstić information content (AvgIpc) is 2.68. The number of furan rings is 1. The van der Waals surface area contributed by atoms with E-state index in [-0.39, 0.29) is 6.10 Å². The van der Waals surface area contributed by atoms with Gasteiger partial charge < -0.3 is 9.52 Å². The van der Waals surface area contributed by atoms with Crippen molar-refractivity contribution in [2.75, 3.05) is 0 Å². The van der Waals surface area contributed by atoms with E-state index in [1.54, 1.807) is 12.5 Å². The summed E-state index contributed by atoms with van der Waals surface area (Å²) in [6, 6.07) is 1.99. The lowest BCUT2D eigenvalue weighted by atomic mass is 10.1. The second-order valence-electron chi connectivity index (χ2n) is 4.74. The molecule has 1 heterocycles. The van der Waals surface area contributed by atoms with Gasteiger partial charge in [0.15, 0.2) is 0 Å². The molecule has 1 rings (SSSR count). The molecule has 2 nitrogen and oxygen atoms in total. The third kappa shape index (κ3) is 6.12. The largest absolute Gasteiger partial charge is 0.472 e. The molecule has 1 aromatic heterocycles. The molecular formula is C15H22O2. The number of aliphatic hydroxyl groups is 1. The van der Waals surface area contributed by atoms with Crippen LogP contribution in [0.5, 0.6) is 0 Å². The van der Waals surface area contributed by atoms with E-state index in [9.17, 15) is 5.11 Å². The number of allylic oxidation sites excluding steroid dienone is 2. The zero-order valence-electron chi connectivity index (χ0n) is 10.9. The standard InChI is InChI=1S/C15H22O2/c1-12(2)9-15(16)10-13(3)5-4-6-14-7-8-17-11-14/h5,7-9,11,15-16H,4,6,10H2,1-3H3/t15-/m1/s1. The summed E-state index contributed by atoms with van der Waals surface area (Å²) in [4.78, 5) is 0. The van der Waals surface area contributed by atoms with E-state index in [1.807, 2.05) is 26.0 Å². The Morgan fingerprint density at radius 2 is 2.18 bits per heavy atom. The van der Waals surface area contributed by atoms with E-state index in [0.717, 1.165) is 24.8 Å². The predicted molar refractivity (Wildman–Crippen MR) is 70.8 cm³/mol. The number of aryl methyl sites for hydroxylation is 1. The van der Waals surface area contributed by atoms with Crippen LogP contribution in [0, 0.1) is 0 Å². The molecule has 0 saturated heterocycles. The molecule has 0 unspecified atom stereocenters. The Labute approximate surface area is 104 Å². The summed E-state index contributed by atoms with van der Waals surface area (Å²) in [6.45, 7) is 6.07. The molecule has 0 spiro atoms. The molecule has 17 heavy (non-hydrogen) atoms. The van der Waals surface area contributed by atoms with E-state index in [2.05, 4.69) is 13.0 Å². The molecule has 1 aromatic rings. The number of rotatable bonds is 6. The van der Waals surface area contributed by atoms with Gasteiger partial charge in [-0.2, -0.15) is 0 Å². The first-order valence-corrected chi connectivity index (χ1v) is 6.07. The Kier molecular flexibility index (Phi) is 5.78. The van der Waals surface area contributed by atoms with E-state index in [0.29, 0.717) is 0 Å². The number of hydrogen-bond donors (Lipinski definition) is 1. The number of aliphatic hydroxyl groups excluding tert-OH is 1. The molecule has 0 aliphatic heterocycles. The molecule has 1 N–H and O–H groups in total. The minimum absolute atomic E-state index is 0.356. The lowest BCUT2D eigenvalue weighted by Gasteiger charge is -2.06. The van der Waals surface area contributed by atoms with Crippen molar-refractivity contribution in [2.45, 2.75) is 46.1 Å². The maximum absolute atomic E-state index is 9.74. The third-order valence-corrected chi connectivity index (χ3v) is 2.56. The summed E-state index contributed by atoms with van der Waals surface area (Å²) < 4.78 is 5.01. The lowest BCUT2D eigenvalue weighted by Crippen LogP contribution is -2.03. The van der Waals surface area contributed by atoms with Crippen LogP contribution in [0.1, 0.15) is 39.2 Å². The summed E-state index contributed by atoms with van der Waals surface area (Å²) in [6.07, 6.45) is 9.91. The fourth-order valence-corrected chi connectivity index (χ4v) is 1.78. The van der Waals surface area contributed by atoms with Crippen LogP contribution in [-0.2, 0) is 6.42 Å². The Morgan fingerprint density at radius 1 is 1.41 bits per heavy atom. The molecule has 94 valence electrons. The highest BCUT2D eigenvalue weighted by Crippen LogP contribution is 2.11. The van der Waals surface area contributed by atoms with Crippen molar-refractivity contribution in [3.63, 3.8) is 0 Å². The highest BCUT2D eigenvalue weighted by Gasteiger charge is 2.01. The molecule has 1 atom stereocenters. The Bertz CT molecular complexity index is 368.